The molecule has 0 saturated heterocycles. The number of nitrogens with zero attached hydrogens (tertiary/aromatic N) is 1. The molecule has 2 aromatic rings. The molecular formula is C20H18BrF3N2O4. The number of nitrogens with one attached hydrogen (secondary N) is 1. The highest BCUT2D eigenvalue weighted by molar-refractivity contribution is 9.10. The summed E-state index contributed by atoms with van der Waals surface area (Å²) in [5.41, 5.74) is -0.973. The molecule has 1 amide bonds. The van der Waals surface area contributed by atoms with Crippen molar-refractivity contribution in [3.05, 3.63) is 57.6 Å². The summed E-state index contributed by atoms with van der Waals surface area (Å²) < 4.78 is 50.4. The number of alkyl halides is 3. The van der Waals surface area contributed by atoms with Crippen molar-refractivity contribution in [1.29, 1.82) is 5.26 Å². The van der Waals surface area contributed by atoms with Gasteiger partial charge in [-0.3, -0.25) is 4.79 Å². The molecule has 0 aliphatic carbocycles. The molecule has 0 spiro atoms. The normalized spacial score (nSPS) is 12.0. The van der Waals surface area contributed by atoms with E-state index in [4.69, 9.17) is 14.7 Å². The Morgan fingerprint density at radius 2 is 2.00 bits per heavy atom. The van der Waals surface area contributed by atoms with Gasteiger partial charge in [-0.05, 0) is 40.5 Å². The van der Waals surface area contributed by atoms with Gasteiger partial charge in [0.05, 0.1) is 34.4 Å². The summed E-state index contributed by atoms with van der Waals surface area (Å²) in [6.07, 6.45) is -6.17. The van der Waals surface area contributed by atoms with E-state index in [-0.39, 0.29) is 17.1 Å². The minimum atomic E-state index is -4.62. The molecule has 2 N–H and O–H groups in total. The average Bonchev–Trinajstić information content (AvgIpc) is 2.70. The topological polar surface area (TPSA) is 91.6 Å². The van der Waals surface area contributed by atoms with E-state index in [9.17, 15) is 23.1 Å². The Morgan fingerprint density at radius 3 is 2.63 bits per heavy atom. The summed E-state index contributed by atoms with van der Waals surface area (Å²) in [6.45, 7) is 1.14. The van der Waals surface area contributed by atoms with Crippen molar-refractivity contribution < 1.29 is 32.5 Å². The largest absolute Gasteiger partial charge is 0.490 e. The molecule has 6 nitrogen and oxygen atoms in total. The van der Waals surface area contributed by atoms with Gasteiger partial charge in [0.15, 0.2) is 18.1 Å². The summed E-state index contributed by atoms with van der Waals surface area (Å²) in [4.78, 5) is 12.1. The third kappa shape index (κ3) is 6.11. The zero-order chi connectivity index (χ0) is 22.3. The second-order valence-corrected chi connectivity index (χ2v) is 6.88. The SMILES string of the molecule is CCOc1cc(C#N)cc(Br)c1OCC(=O)NCC(O)c1ccccc1C(F)(F)F. The van der Waals surface area contributed by atoms with Gasteiger partial charge in [0.1, 0.15) is 0 Å². The highest BCUT2D eigenvalue weighted by Crippen LogP contribution is 2.37. The van der Waals surface area contributed by atoms with Gasteiger partial charge >= 0.3 is 6.18 Å². The Labute approximate surface area is 179 Å². The number of carbonyl (C=O) groups excluding carboxylic acids is 1. The van der Waals surface area contributed by atoms with E-state index in [1.807, 2.05) is 6.07 Å². The van der Waals surface area contributed by atoms with E-state index < -0.39 is 36.9 Å². The molecule has 1 atom stereocenters. The number of benzene rings is 2. The van der Waals surface area contributed by atoms with Gasteiger partial charge in [-0.1, -0.05) is 18.2 Å². The van der Waals surface area contributed by atoms with Crippen LogP contribution < -0.4 is 14.8 Å². The molecule has 0 fully saturated rings. The fraction of sp³-hybridized carbons (Fsp3) is 0.300. The van der Waals surface area contributed by atoms with E-state index in [0.717, 1.165) is 12.1 Å². The number of aliphatic hydroxyl groups is 1. The van der Waals surface area contributed by atoms with E-state index in [0.29, 0.717) is 16.6 Å². The van der Waals surface area contributed by atoms with Gasteiger partial charge in [-0.2, -0.15) is 18.4 Å². The van der Waals surface area contributed by atoms with Crippen LogP contribution in [0.2, 0.25) is 0 Å². The van der Waals surface area contributed by atoms with Crippen LogP contribution in [0.1, 0.15) is 29.7 Å². The summed E-state index contributed by atoms with van der Waals surface area (Å²) in [7, 11) is 0. The Balaban J connectivity index is 2.01. The van der Waals surface area contributed by atoms with Gasteiger partial charge in [-0.25, -0.2) is 0 Å². The first-order valence-electron chi connectivity index (χ1n) is 8.77. The Morgan fingerprint density at radius 1 is 1.30 bits per heavy atom. The second-order valence-electron chi connectivity index (χ2n) is 6.02. The maximum Gasteiger partial charge on any atom is 0.416 e. The lowest BCUT2D eigenvalue weighted by molar-refractivity contribution is -0.139. The minimum Gasteiger partial charge on any atom is -0.490 e. The van der Waals surface area contributed by atoms with Crippen LogP contribution in [0.3, 0.4) is 0 Å². The summed E-state index contributed by atoms with van der Waals surface area (Å²) in [5.74, 6) is -0.193. The summed E-state index contributed by atoms with van der Waals surface area (Å²) in [6, 6.07) is 9.52. The molecular weight excluding hydrogens is 469 g/mol. The van der Waals surface area contributed by atoms with Gasteiger partial charge < -0.3 is 19.9 Å². The molecule has 2 rings (SSSR count). The minimum absolute atomic E-state index is 0.203. The number of hydrogen-bond donors (Lipinski definition) is 2. The number of nitriles is 1. The van der Waals surface area contributed by atoms with Crippen molar-refractivity contribution >= 4 is 21.8 Å². The van der Waals surface area contributed by atoms with Gasteiger partial charge in [-0.15, -0.1) is 0 Å². The van der Waals surface area contributed by atoms with Crippen LogP contribution >= 0.6 is 15.9 Å². The number of hydrogen-bond acceptors (Lipinski definition) is 5. The Kier molecular flexibility index (Phi) is 8.08. The van der Waals surface area contributed by atoms with Gasteiger partial charge in [0.25, 0.3) is 5.91 Å². The van der Waals surface area contributed by atoms with Crippen LogP contribution in [0.25, 0.3) is 0 Å². The van der Waals surface area contributed by atoms with Crippen LogP contribution in [0.4, 0.5) is 13.2 Å². The Hall–Kier alpha value is -2.77. The first-order valence-corrected chi connectivity index (χ1v) is 9.56. The van der Waals surface area contributed by atoms with Crippen molar-refractivity contribution in [1.82, 2.24) is 5.32 Å². The summed E-state index contributed by atoms with van der Waals surface area (Å²) in [5, 5.41) is 21.5. The molecule has 1 unspecified atom stereocenters. The first kappa shape index (κ1) is 23.5. The molecule has 0 radical (unpaired) electrons. The zero-order valence-electron chi connectivity index (χ0n) is 15.8. The van der Waals surface area contributed by atoms with E-state index in [1.165, 1.54) is 24.3 Å². The molecule has 0 aliphatic heterocycles. The van der Waals surface area contributed by atoms with Crippen molar-refractivity contribution in [3.8, 4) is 17.6 Å². The number of ether oxygens (including phenoxy) is 2. The zero-order valence-corrected chi connectivity index (χ0v) is 17.4. The molecule has 0 bridgehead atoms. The highest BCUT2D eigenvalue weighted by atomic mass is 79.9. The van der Waals surface area contributed by atoms with E-state index in [1.54, 1.807) is 6.92 Å². The van der Waals surface area contributed by atoms with Gasteiger partial charge in [0.2, 0.25) is 0 Å². The molecule has 0 saturated carbocycles. The van der Waals surface area contributed by atoms with E-state index >= 15 is 0 Å². The smallest absolute Gasteiger partial charge is 0.416 e. The first-order chi connectivity index (χ1) is 14.2. The number of halogens is 4. The van der Waals surface area contributed by atoms with Crippen LogP contribution in [-0.2, 0) is 11.0 Å². The fourth-order valence-corrected chi connectivity index (χ4v) is 3.15. The molecule has 0 heterocycles. The maximum absolute atomic E-state index is 13.1. The van der Waals surface area contributed by atoms with Gasteiger partial charge in [0, 0.05) is 12.6 Å². The lowest BCUT2D eigenvalue weighted by atomic mass is 10.0. The monoisotopic (exact) mass is 486 g/mol. The predicted molar refractivity (Wildman–Crippen MR) is 105 cm³/mol. The number of carbonyl (C=O) groups is 1. The van der Waals surface area contributed by atoms with Crippen LogP contribution in [0.15, 0.2) is 40.9 Å². The highest BCUT2D eigenvalue weighted by Gasteiger charge is 2.34. The molecule has 0 aliphatic rings. The molecule has 30 heavy (non-hydrogen) atoms. The Bertz CT molecular complexity index is 945. The molecule has 0 aromatic heterocycles. The number of aliphatic hydroxyl groups excluding tert-OH is 1. The molecule has 160 valence electrons. The van der Waals surface area contributed by atoms with Crippen LogP contribution in [0, 0.1) is 11.3 Å². The van der Waals surface area contributed by atoms with Crippen LogP contribution in [0.5, 0.6) is 11.5 Å². The predicted octanol–water partition coefficient (Wildman–Crippen LogP) is 3.97. The standard InChI is InChI=1S/C20H18BrF3N2O4/c1-2-29-17-8-12(9-25)7-15(21)19(17)30-11-18(28)26-10-16(27)13-5-3-4-6-14(13)20(22,23)24/h3-8,16,27H,2,10-11H2,1H3,(H,26,28). The van der Waals surface area contributed by atoms with Crippen molar-refractivity contribution in [2.45, 2.75) is 19.2 Å². The van der Waals surface area contributed by atoms with Crippen molar-refractivity contribution in [3.63, 3.8) is 0 Å². The fourth-order valence-electron chi connectivity index (χ4n) is 2.59. The van der Waals surface area contributed by atoms with Crippen LogP contribution in [-0.4, -0.2) is 30.8 Å². The third-order valence-electron chi connectivity index (χ3n) is 3.90. The quantitative estimate of drug-likeness (QED) is 0.588. The molecule has 10 heteroatoms. The number of rotatable bonds is 8. The molecule has 2 aromatic carbocycles. The lowest BCUT2D eigenvalue weighted by Gasteiger charge is -2.18. The van der Waals surface area contributed by atoms with Crippen molar-refractivity contribution in [2.24, 2.45) is 0 Å². The second kappa shape index (κ2) is 10.3. The van der Waals surface area contributed by atoms with Crippen molar-refractivity contribution in [2.75, 3.05) is 19.8 Å². The third-order valence-corrected chi connectivity index (χ3v) is 4.49. The van der Waals surface area contributed by atoms with E-state index in [2.05, 4.69) is 21.2 Å². The number of amides is 1. The lowest BCUT2D eigenvalue weighted by Crippen LogP contribution is -2.33. The maximum atomic E-state index is 13.1. The summed E-state index contributed by atoms with van der Waals surface area (Å²) >= 11 is 3.24. The average molecular weight is 487 g/mol.